The standard InChI is InChI=1S/C33H46ClN3/c1-9-35(10-2)26-15-18-29(24(7)21-26)33(30-19-16-27(22-25(30)8)36(11-3)12-4)31-20-17-28(23-32(31)34)37(13-5)14-6/h15-23,33H,9-14H2,1-8H3. The van der Waals surface area contributed by atoms with Crippen LogP contribution >= 0.6 is 11.6 Å². The summed E-state index contributed by atoms with van der Waals surface area (Å²) in [6.45, 7) is 23.7. The fourth-order valence-electron chi connectivity index (χ4n) is 5.58. The second-order valence-corrected chi connectivity index (χ2v) is 10.1. The van der Waals surface area contributed by atoms with Crippen LogP contribution in [-0.2, 0) is 0 Å². The molecule has 0 heterocycles. The zero-order valence-electron chi connectivity index (χ0n) is 24.2. The van der Waals surface area contributed by atoms with E-state index in [1.807, 2.05) is 0 Å². The molecule has 37 heavy (non-hydrogen) atoms. The highest BCUT2D eigenvalue weighted by Crippen LogP contribution is 2.41. The van der Waals surface area contributed by atoms with Crippen LogP contribution < -0.4 is 14.7 Å². The summed E-state index contributed by atoms with van der Waals surface area (Å²) in [5.74, 6) is 0.0646. The third-order valence-electron chi connectivity index (χ3n) is 7.81. The van der Waals surface area contributed by atoms with Crippen molar-refractivity contribution in [3.05, 3.63) is 87.4 Å². The van der Waals surface area contributed by atoms with Crippen molar-refractivity contribution in [2.75, 3.05) is 54.0 Å². The maximum absolute atomic E-state index is 7.10. The highest BCUT2D eigenvalue weighted by Gasteiger charge is 2.24. The molecular formula is C33H46ClN3. The minimum Gasteiger partial charge on any atom is -0.372 e. The molecule has 0 spiro atoms. The van der Waals surface area contributed by atoms with E-state index in [0.717, 1.165) is 49.9 Å². The highest BCUT2D eigenvalue weighted by molar-refractivity contribution is 6.31. The summed E-state index contributed by atoms with van der Waals surface area (Å²) in [7, 11) is 0. The highest BCUT2D eigenvalue weighted by atomic mass is 35.5. The van der Waals surface area contributed by atoms with Gasteiger partial charge in [-0.15, -0.1) is 0 Å². The SMILES string of the molecule is CCN(CC)c1ccc(C(c2ccc(N(CC)CC)cc2C)c2ccc(N(CC)CC)cc2Cl)c(C)c1. The number of rotatable bonds is 12. The number of aryl methyl sites for hydroxylation is 2. The van der Waals surface area contributed by atoms with Crippen molar-refractivity contribution in [3.8, 4) is 0 Å². The van der Waals surface area contributed by atoms with Gasteiger partial charge >= 0.3 is 0 Å². The number of hydrogen-bond donors (Lipinski definition) is 0. The normalized spacial score (nSPS) is 11.2. The van der Waals surface area contributed by atoms with Crippen molar-refractivity contribution in [1.29, 1.82) is 0 Å². The van der Waals surface area contributed by atoms with Gasteiger partial charge in [0.1, 0.15) is 0 Å². The molecule has 3 aromatic carbocycles. The van der Waals surface area contributed by atoms with E-state index in [4.69, 9.17) is 11.6 Å². The number of nitrogens with zero attached hydrogens (tertiary/aromatic N) is 3. The van der Waals surface area contributed by atoms with Crippen molar-refractivity contribution in [2.45, 2.75) is 61.3 Å². The third-order valence-corrected chi connectivity index (χ3v) is 8.14. The fourth-order valence-corrected chi connectivity index (χ4v) is 5.86. The van der Waals surface area contributed by atoms with Crippen molar-refractivity contribution in [1.82, 2.24) is 0 Å². The van der Waals surface area contributed by atoms with Gasteiger partial charge < -0.3 is 14.7 Å². The summed E-state index contributed by atoms with van der Waals surface area (Å²) in [4.78, 5) is 7.16. The second-order valence-electron chi connectivity index (χ2n) is 9.74. The molecule has 0 amide bonds. The number of anilines is 3. The average Bonchev–Trinajstić information content (AvgIpc) is 2.89. The van der Waals surface area contributed by atoms with Crippen molar-refractivity contribution in [3.63, 3.8) is 0 Å². The Labute approximate surface area is 231 Å². The molecule has 0 N–H and O–H groups in total. The third kappa shape index (κ3) is 6.26. The summed E-state index contributed by atoms with van der Waals surface area (Å²) >= 11 is 7.10. The van der Waals surface area contributed by atoms with E-state index in [-0.39, 0.29) is 5.92 Å². The molecule has 0 unspecified atom stereocenters. The van der Waals surface area contributed by atoms with Gasteiger partial charge in [-0.05, 0) is 120 Å². The monoisotopic (exact) mass is 519 g/mol. The first kappa shape index (κ1) is 28.9. The van der Waals surface area contributed by atoms with E-state index >= 15 is 0 Å². The van der Waals surface area contributed by atoms with Gasteiger partial charge in [0.25, 0.3) is 0 Å². The molecule has 3 nitrogen and oxygen atoms in total. The van der Waals surface area contributed by atoms with Gasteiger partial charge in [0.2, 0.25) is 0 Å². The van der Waals surface area contributed by atoms with E-state index in [1.165, 1.54) is 39.3 Å². The van der Waals surface area contributed by atoms with Crippen LogP contribution in [0, 0.1) is 13.8 Å². The number of benzene rings is 3. The Balaban J connectivity index is 2.20. The quantitative estimate of drug-likeness (QED) is 0.221. The van der Waals surface area contributed by atoms with E-state index in [1.54, 1.807) is 0 Å². The van der Waals surface area contributed by atoms with Crippen LogP contribution in [0.3, 0.4) is 0 Å². The van der Waals surface area contributed by atoms with Crippen molar-refractivity contribution >= 4 is 28.7 Å². The van der Waals surface area contributed by atoms with E-state index < -0.39 is 0 Å². The Morgan fingerprint density at radius 1 is 0.514 bits per heavy atom. The molecule has 0 aromatic heterocycles. The molecule has 0 aliphatic rings. The minimum absolute atomic E-state index is 0.0646. The Morgan fingerprint density at radius 2 is 0.838 bits per heavy atom. The van der Waals surface area contributed by atoms with Gasteiger partial charge in [-0.25, -0.2) is 0 Å². The predicted octanol–water partition coefficient (Wildman–Crippen LogP) is 8.68. The summed E-state index contributed by atoms with van der Waals surface area (Å²) in [5.41, 5.74) is 10.1. The van der Waals surface area contributed by atoms with Crippen molar-refractivity contribution in [2.24, 2.45) is 0 Å². The zero-order valence-corrected chi connectivity index (χ0v) is 25.0. The number of halogens is 1. The van der Waals surface area contributed by atoms with Crippen LogP contribution in [0.2, 0.25) is 5.02 Å². The molecule has 0 radical (unpaired) electrons. The zero-order chi connectivity index (χ0) is 27.1. The first-order valence-corrected chi connectivity index (χ1v) is 14.5. The maximum atomic E-state index is 7.10. The largest absolute Gasteiger partial charge is 0.372 e. The molecule has 0 saturated carbocycles. The van der Waals surface area contributed by atoms with E-state index in [0.29, 0.717) is 0 Å². The molecule has 0 saturated heterocycles. The molecule has 0 bridgehead atoms. The van der Waals surface area contributed by atoms with Gasteiger partial charge in [0.05, 0.1) is 0 Å². The van der Waals surface area contributed by atoms with Gasteiger partial charge in [0, 0.05) is 67.3 Å². The smallest absolute Gasteiger partial charge is 0.0468 e. The maximum Gasteiger partial charge on any atom is 0.0468 e. The minimum atomic E-state index is 0.0646. The summed E-state index contributed by atoms with van der Waals surface area (Å²) in [5, 5.41) is 0.828. The fraction of sp³-hybridized carbons (Fsp3) is 0.455. The molecule has 0 fully saturated rings. The van der Waals surface area contributed by atoms with Gasteiger partial charge in [0.15, 0.2) is 0 Å². The van der Waals surface area contributed by atoms with Crippen LogP contribution in [-0.4, -0.2) is 39.3 Å². The first-order valence-electron chi connectivity index (χ1n) is 14.1. The van der Waals surface area contributed by atoms with Crippen LogP contribution in [0.25, 0.3) is 0 Å². The first-order chi connectivity index (χ1) is 17.8. The summed E-state index contributed by atoms with van der Waals surface area (Å²) in [6.07, 6.45) is 0. The van der Waals surface area contributed by atoms with Crippen LogP contribution in [0.5, 0.6) is 0 Å². The summed E-state index contributed by atoms with van der Waals surface area (Å²) in [6, 6.07) is 20.5. The topological polar surface area (TPSA) is 9.72 Å². The summed E-state index contributed by atoms with van der Waals surface area (Å²) < 4.78 is 0. The van der Waals surface area contributed by atoms with E-state index in [2.05, 4.69) is 125 Å². The second kappa shape index (κ2) is 13.2. The molecule has 0 aliphatic carbocycles. The molecule has 0 atom stereocenters. The molecule has 3 aromatic rings. The number of hydrogen-bond acceptors (Lipinski definition) is 3. The lowest BCUT2D eigenvalue weighted by molar-refractivity contribution is 0.857. The molecule has 3 rings (SSSR count). The lowest BCUT2D eigenvalue weighted by Gasteiger charge is -2.28. The molecular weight excluding hydrogens is 474 g/mol. The molecule has 0 aliphatic heterocycles. The van der Waals surface area contributed by atoms with Crippen LogP contribution in [0.1, 0.15) is 75.3 Å². The molecule has 200 valence electrons. The van der Waals surface area contributed by atoms with Crippen molar-refractivity contribution < 1.29 is 0 Å². The Morgan fingerprint density at radius 3 is 1.14 bits per heavy atom. The van der Waals surface area contributed by atoms with E-state index in [9.17, 15) is 0 Å². The molecule has 4 heteroatoms. The van der Waals surface area contributed by atoms with Crippen LogP contribution in [0.15, 0.2) is 54.6 Å². The Bertz CT molecular complexity index is 1010. The Kier molecular flexibility index (Phi) is 10.3. The van der Waals surface area contributed by atoms with Gasteiger partial charge in [-0.1, -0.05) is 29.8 Å². The lowest BCUT2D eigenvalue weighted by Crippen LogP contribution is -2.22. The van der Waals surface area contributed by atoms with Gasteiger partial charge in [-0.3, -0.25) is 0 Å². The van der Waals surface area contributed by atoms with Gasteiger partial charge in [-0.2, -0.15) is 0 Å². The Hall–Kier alpha value is -2.65. The average molecular weight is 520 g/mol. The lowest BCUT2D eigenvalue weighted by atomic mass is 9.81. The van der Waals surface area contributed by atoms with Crippen LogP contribution in [0.4, 0.5) is 17.1 Å². The predicted molar refractivity (Wildman–Crippen MR) is 165 cm³/mol.